The zero-order valence-electron chi connectivity index (χ0n) is 14.5. The molecule has 1 saturated carbocycles. The summed E-state index contributed by atoms with van der Waals surface area (Å²) in [5.41, 5.74) is 3.52. The average Bonchev–Trinajstić information content (AvgIpc) is 3.09. The molecule has 24 heavy (non-hydrogen) atoms. The molecule has 1 aliphatic heterocycles. The fraction of sp³-hybridized carbons (Fsp3) is 0.500. The van der Waals surface area contributed by atoms with Crippen LogP contribution in [0.3, 0.4) is 0 Å². The van der Waals surface area contributed by atoms with Crippen LogP contribution < -0.4 is 0 Å². The summed E-state index contributed by atoms with van der Waals surface area (Å²) in [5, 5.41) is 0. The van der Waals surface area contributed by atoms with E-state index in [0.29, 0.717) is 17.4 Å². The Labute approximate surface area is 146 Å². The minimum Gasteiger partial charge on any atom is -0.270 e. The molecule has 3 rings (SSSR count). The number of aryl methyl sites for hydroxylation is 1. The van der Waals surface area contributed by atoms with Gasteiger partial charge in [-0.3, -0.25) is 4.31 Å². The van der Waals surface area contributed by atoms with Crippen LogP contribution in [-0.2, 0) is 10.0 Å². The number of piperidine rings is 1. The van der Waals surface area contributed by atoms with Gasteiger partial charge in [-0.2, -0.15) is 0 Å². The molecule has 1 unspecified atom stereocenters. The van der Waals surface area contributed by atoms with E-state index in [1.807, 2.05) is 25.1 Å². The van der Waals surface area contributed by atoms with E-state index in [1.165, 1.54) is 18.4 Å². The van der Waals surface area contributed by atoms with Gasteiger partial charge in [0.25, 0.3) is 10.0 Å². The zero-order valence-corrected chi connectivity index (χ0v) is 15.3. The van der Waals surface area contributed by atoms with Crippen LogP contribution in [0.25, 0.3) is 0 Å². The highest BCUT2D eigenvalue weighted by molar-refractivity contribution is 7.89. The fourth-order valence-corrected chi connectivity index (χ4v) is 5.62. The smallest absolute Gasteiger partial charge is 0.264 e. The third kappa shape index (κ3) is 3.30. The molecule has 130 valence electrons. The Kier molecular flexibility index (Phi) is 5.14. The third-order valence-corrected chi connectivity index (χ3v) is 7.03. The van der Waals surface area contributed by atoms with E-state index in [1.54, 1.807) is 16.4 Å². The molecule has 0 N–H and O–H groups in total. The summed E-state index contributed by atoms with van der Waals surface area (Å²) in [5.74, 6) is 0.296. The Morgan fingerprint density at radius 2 is 1.83 bits per heavy atom. The summed E-state index contributed by atoms with van der Waals surface area (Å²) >= 11 is 0. The molecule has 1 aromatic carbocycles. The average molecular weight is 346 g/mol. The van der Waals surface area contributed by atoms with Crippen LogP contribution in [0, 0.1) is 12.8 Å². The lowest BCUT2D eigenvalue weighted by molar-refractivity contribution is 0.330. The molecule has 0 spiro atoms. The van der Waals surface area contributed by atoms with E-state index < -0.39 is 10.0 Å². The molecule has 2 aliphatic rings. The number of rotatable bonds is 4. The van der Waals surface area contributed by atoms with E-state index in [-0.39, 0.29) is 0 Å². The molecule has 1 saturated heterocycles. The minimum absolute atomic E-state index is 0.296. The molecule has 1 aliphatic carbocycles. The van der Waals surface area contributed by atoms with Gasteiger partial charge in [0.2, 0.25) is 0 Å². The van der Waals surface area contributed by atoms with Crippen LogP contribution in [0.2, 0.25) is 0 Å². The molecule has 2 fully saturated rings. The van der Waals surface area contributed by atoms with Crippen LogP contribution in [0.4, 0.5) is 0 Å². The second-order valence-electron chi connectivity index (χ2n) is 6.95. The molecule has 3 nitrogen and oxygen atoms in total. The van der Waals surface area contributed by atoms with Gasteiger partial charge in [0.1, 0.15) is 0 Å². The SMILES string of the molecule is C=CCC1CCCN(S(=O)(=O)c2ccc(C)cc2)C1=C1CCCC1. The van der Waals surface area contributed by atoms with Gasteiger partial charge in [-0.15, -0.1) is 6.58 Å². The molecule has 1 atom stereocenters. The van der Waals surface area contributed by atoms with Gasteiger partial charge in [-0.05, 0) is 69.6 Å². The number of nitrogens with zero attached hydrogens (tertiary/aromatic N) is 1. The second-order valence-corrected chi connectivity index (χ2v) is 8.81. The van der Waals surface area contributed by atoms with Gasteiger partial charge in [-0.25, -0.2) is 8.42 Å². The van der Waals surface area contributed by atoms with Crippen molar-refractivity contribution in [1.82, 2.24) is 4.31 Å². The molecule has 1 aromatic rings. The first-order valence-electron chi connectivity index (χ1n) is 8.96. The number of sulfonamides is 1. The summed E-state index contributed by atoms with van der Waals surface area (Å²) in [6.07, 6.45) is 9.22. The van der Waals surface area contributed by atoms with Crippen molar-refractivity contribution >= 4 is 10.0 Å². The maximum atomic E-state index is 13.3. The summed E-state index contributed by atoms with van der Waals surface area (Å²) < 4.78 is 28.3. The maximum absolute atomic E-state index is 13.3. The van der Waals surface area contributed by atoms with E-state index in [9.17, 15) is 8.42 Å². The lowest BCUT2D eigenvalue weighted by Gasteiger charge is -2.37. The van der Waals surface area contributed by atoms with Crippen LogP contribution >= 0.6 is 0 Å². The lowest BCUT2D eigenvalue weighted by Crippen LogP contribution is -2.38. The van der Waals surface area contributed by atoms with Crippen molar-refractivity contribution in [2.45, 2.75) is 56.8 Å². The van der Waals surface area contributed by atoms with Crippen LogP contribution in [0.15, 0.2) is 53.1 Å². The molecule has 1 heterocycles. The first-order valence-corrected chi connectivity index (χ1v) is 10.4. The largest absolute Gasteiger partial charge is 0.270 e. The van der Waals surface area contributed by atoms with Crippen LogP contribution in [0.5, 0.6) is 0 Å². The van der Waals surface area contributed by atoms with Crippen molar-refractivity contribution < 1.29 is 8.42 Å². The Morgan fingerprint density at radius 1 is 1.17 bits per heavy atom. The van der Waals surface area contributed by atoms with E-state index in [4.69, 9.17) is 0 Å². The highest BCUT2D eigenvalue weighted by Crippen LogP contribution is 2.40. The fourth-order valence-electron chi connectivity index (χ4n) is 3.98. The van der Waals surface area contributed by atoms with Crippen molar-refractivity contribution in [1.29, 1.82) is 0 Å². The standard InChI is InChI=1S/C20H27NO2S/c1-3-7-17-10-6-15-21(20(17)18-8-4-5-9-18)24(22,23)19-13-11-16(2)12-14-19/h3,11-14,17H,1,4-10,15H2,2H3. The molecular weight excluding hydrogens is 318 g/mol. The monoisotopic (exact) mass is 345 g/mol. The van der Waals surface area contributed by atoms with Crippen molar-refractivity contribution in [3.05, 3.63) is 53.8 Å². The second kappa shape index (κ2) is 7.14. The number of allylic oxidation sites excluding steroid dienone is 3. The van der Waals surface area contributed by atoms with E-state index >= 15 is 0 Å². The molecular formula is C20H27NO2S. The Bertz CT molecular complexity index is 723. The normalized spacial score (nSPS) is 22.0. The van der Waals surface area contributed by atoms with Gasteiger partial charge in [0.15, 0.2) is 0 Å². The van der Waals surface area contributed by atoms with Crippen LogP contribution in [0.1, 0.15) is 50.5 Å². The van der Waals surface area contributed by atoms with Gasteiger partial charge in [-0.1, -0.05) is 23.8 Å². The predicted octanol–water partition coefficient (Wildman–Crippen LogP) is 4.80. The number of benzene rings is 1. The van der Waals surface area contributed by atoms with Crippen molar-refractivity contribution in [2.75, 3.05) is 6.54 Å². The third-order valence-electron chi connectivity index (χ3n) is 5.20. The first-order chi connectivity index (χ1) is 11.5. The zero-order chi connectivity index (χ0) is 17.2. The Balaban J connectivity index is 2.04. The summed E-state index contributed by atoms with van der Waals surface area (Å²) in [6.45, 7) is 6.46. The van der Waals surface area contributed by atoms with E-state index in [2.05, 4.69) is 6.58 Å². The molecule has 0 bridgehead atoms. The summed E-state index contributed by atoms with van der Waals surface area (Å²) in [4.78, 5) is 0.406. The van der Waals surface area contributed by atoms with Gasteiger partial charge in [0, 0.05) is 18.2 Å². The highest BCUT2D eigenvalue weighted by atomic mass is 32.2. The maximum Gasteiger partial charge on any atom is 0.264 e. The topological polar surface area (TPSA) is 37.4 Å². The Morgan fingerprint density at radius 3 is 2.46 bits per heavy atom. The quantitative estimate of drug-likeness (QED) is 0.735. The Hall–Kier alpha value is -1.55. The molecule has 0 aromatic heterocycles. The number of hydrogen-bond donors (Lipinski definition) is 0. The van der Waals surface area contributed by atoms with Gasteiger partial charge in [0.05, 0.1) is 4.90 Å². The highest BCUT2D eigenvalue weighted by Gasteiger charge is 2.35. The van der Waals surface area contributed by atoms with E-state index in [0.717, 1.165) is 43.4 Å². The summed E-state index contributed by atoms with van der Waals surface area (Å²) in [7, 11) is -3.48. The molecule has 4 heteroatoms. The molecule has 0 radical (unpaired) electrons. The van der Waals surface area contributed by atoms with Crippen molar-refractivity contribution in [3.8, 4) is 0 Å². The van der Waals surface area contributed by atoms with Gasteiger partial charge < -0.3 is 0 Å². The molecule has 0 amide bonds. The van der Waals surface area contributed by atoms with Crippen molar-refractivity contribution in [2.24, 2.45) is 5.92 Å². The van der Waals surface area contributed by atoms with Crippen molar-refractivity contribution in [3.63, 3.8) is 0 Å². The lowest BCUT2D eigenvalue weighted by atomic mass is 9.89. The van der Waals surface area contributed by atoms with Gasteiger partial charge >= 0.3 is 0 Å². The predicted molar refractivity (Wildman–Crippen MR) is 98.1 cm³/mol. The first kappa shape index (κ1) is 17.3. The summed E-state index contributed by atoms with van der Waals surface area (Å²) in [6, 6.07) is 7.22. The number of hydrogen-bond acceptors (Lipinski definition) is 2. The minimum atomic E-state index is -3.48. The van der Waals surface area contributed by atoms with Crippen LogP contribution in [-0.4, -0.2) is 19.3 Å².